The first-order valence-corrected chi connectivity index (χ1v) is 5.44. The molecule has 0 aromatic heterocycles. The first-order chi connectivity index (χ1) is 6.66. The van der Waals surface area contributed by atoms with E-state index in [9.17, 15) is 5.11 Å². The van der Waals surface area contributed by atoms with Crippen LogP contribution in [0.2, 0.25) is 0 Å². The first kappa shape index (κ1) is 14.4. The van der Waals surface area contributed by atoms with E-state index >= 15 is 0 Å². The van der Waals surface area contributed by atoms with Crippen LogP contribution in [0.15, 0.2) is 0 Å². The number of hydrogen-bond acceptors (Lipinski definition) is 3. The van der Waals surface area contributed by atoms with Crippen LogP contribution in [0.1, 0.15) is 40.5 Å². The van der Waals surface area contributed by atoms with E-state index in [-0.39, 0.29) is 5.41 Å². The summed E-state index contributed by atoms with van der Waals surface area (Å²) in [4.78, 5) is 2.12. The molecule has 0 fully saturated rings. The molecule has 1 N–H and O–H groups in total. The fourth-order valence-corrected chi connectivity index (χ4v) is 1.92. The molecule has 0 radical (unpaired) electrons. The predicted octanol–water partition coefficient (Wildman–Crippen LogP) is 2.02. The normalized spacial score (nSPS) is 12.9. The van der Waals surface area contributed by atoms with Gasteiger partial charge in [0.15, 0.2) is 0 Å². The molecule has 0 saturated heterocycles. The van der Waals surface area contributed by atoms with E-state index in [0.717, 1.165) is 13.0 Å². The third kappa shape index (κ3) is 8.41. The second kappa shape index (κ2) is 5.48. The maximum atomic E-state index is 9.67. The van der Waals surface area contributed by atoms with Gasteiger partial charge in [0.25, 0.3) is 0 Å². The summed E-state index contributed by atoms with van der Waals surface area (Å²) >= 11 is 0. The van der Waals surface area contributed by atoms with Gasteiger partial charge in [-0.3, -0.25) is 0 Å². The molecule has 0 spiro atoms. The lowest BCUT2D eigenvalue weighted by Crippen LogP contribution is -2.40. The number of hydrogen-bond donors (Lipinski definition) is 1. The Morgan fingerprint density at radius 1 is 1.20 bits per heavy atom. The van der Waals surface area contributed by atoms with Gasteiger partial charge in [0.1, 0.15) is 0 Å². The second-order valence-electron chi connectivity index (χ2n) is 5.81. The largest absolute Gasteiger partial charge is 0.389 e. The molecule has 0 aromatic rings. The van der Waals surface area contributed by atoms with E-state index in [2.05, 4.69) is 24.8 Å². The smallest absolute Gasteiger partial charge is 0.0718 e. The highest BCUT2D eigenvalue weighted by atomic mass is 16.3. The fourth-order valence-electron chi connectivity index (χ4n) is 1.92. The van der Waals surface area contributed by atoms with Gasteiger partial charge in [-0.15, -0.1) is 0 Å². The maximum absolute atomic E-state index is 9.67. The molecule has 0 aliphatic heterocycles. The second-order valence-corrected chi connectivity index (χ2v) is 5.81. The average Bonchev–Trinajstić information content (AvgIpc) is 1.95. The third-order valence-electron chi connectivity index (χ3n) is 2.27. The Morgan fingerprint density at radius 2 is 1.73 bits per heavy atom. The van der Waals surface area contributed by atoms with Gasteiger partial charge in [0.2, 0.25) is 0 Å². The summed E-state index contributed by atoms with van der Waals surface area (Å²) in [5.41, 5.74) is -0.518. The summed E-state index contributed by atoms with van der Waals surface area (Å²) in [5, 5.41) is 18.2. The Morgan fingerprint density at radius 3 is 2.13 bits per heavy atom. The lowest BCUT2D eigenvalue weighted by atomic mass is 9.87. The minimum Gasteiger partial charge on any atom is -0.389 e. The van der Waals surface area contributed by atoms with Gasteiger partial charge < -0.3 is 10.0 Å². The van der Waals surface area contributed by atoms with Gasteiger partial charge >= 0.3 is 0 Å². The van der Waals surface area contributed by atoms with Crippen molar-refractivity contribution in [3.63, 3.8) is 0 Å². The monoisotopic (exact) mass is 212 g/mol. The molecule has 0 bridgehead atoms. The van der Waals surface area contributed by atoms with Crippen molar-refractivity contribution in [3.05, 3.63) is 0 Å². The minimum absolute atomic E-state index is 0.135. The van der Waals surface area contributed by atoms with Crippen LogP contribution in [0.4, 0.5) is 0 Å². The zero-order valence-electron chi connectivity index (χ0n) is 10.7. The lowest BCUT2D eigenvalue weighted by molar-refractivity contribution is 0.0333. The van der Waals surface area contributed by atoms with Crippen molar-refractivity contribution in [2.45, 2.75) is 46.1 Å². The molecule has 0 amide bonds. The maximum Gasteiger partial charge on any atom is 0.0718 e. The highest BCUT2D eigenvalue weighted by Gasteiger charge is 2.23. The minimum atomic E-state index is -0.653. The molecule has 0 aromatic carbocycles. The number of nitrogens with zero attached hydrogens (tertiary/aromatic N) is 2. The molecular weight excluding hydrogens is 188 g/mol. The molecule has 15 heavy (non-hydrogen) atoms. The summed E-state index contributed by atoms with van der Waals surface area (Å²) in [7, 11) is 2.01. The van der Waals surface area contributed by atoms with Crippen molar-refractivity contribution >= 4 is 0 Å². The quantitative estimate of drug-likeness (QED) is 0.732. The Kier molecular flexibility index (Phi) is 5.27. The topological polar surface area (TPSA) is 47.3 Å². The molecule has 88 valence electrons. The zero-order valence-corrected chi connectivity index (χ0v) is 10.7. The van der Waals surface area contributed by atoms with Crippen LogP contribution < -0.4 is 0 Å². The summed E-state index contributed by atoms with van der Waals surface area (Å²) < 4.78 is 0. The van der Waals surface area contributed by atoms with Gasteiger partial charge in [0.05, 0.1) is 11.7 Å². The fraction of sp³-hybridized carbons (Fsp3) is 0.917. The zero-order chi connectivity index (χ0) is 12.1. The van der Waals surface area contributed by atoms with Gasteiger partial charge in [-0.2, -0.15) is 5.26 Å². The van der Waals surface area contributed by atoms with Gasteiger partial charge in [-0.05, 0) is 32.7 Å². The van der Waals surface area contributed by atoms with Crippen LogP contribution in [-0.4, -0.2) is 35.7 Å². The van der Waals surface area contributed by atoms with E-state index in [4.69, 9.17) is 5.26 Å². The third-order valence-corrected chi connectivity index (χ3v) is 2.27. The van der Waals surface area contributed by atoms with E-state index in [1.807, 2.05) is 20.9 Å². The Balaban J connectivity index is 4.05. The molecule has 0 unspecified atom stereocenters. The van der Waals surface area contributed by atoms with Crippen LogP contribution in [0.25, 0.3) is 0 Å². The first-order valence-electron chi connectivity index (χ1n) is 5.44. The van der Waals surface area contributed by atoms with Crippen molar-refractivity contribution in [3.8, 4) is 6.07 Å². The van der Waals surface area contributed by atoms with Crippen molar-refractivity contribution < 1.29 is 5.11 Å². The Labute approximate surface area is 93.7 Å². The van der Waals surface area contributed by atoms with Crippen LogP contribution >= 0.6 is 0 Å². The number of aliphatic hydroxyl groups is 1. The molecule has 0 rings (SSSR count). The number of nitriles is 1. The number of rotatable bonds is 6. The van der Waals surface area contributed by atoms with Crippen molar-refractivity contribution in [2.24, 2.45) is 5.41 Å². The van der Waals surface area contributed by atoms with Crippen molar-refractivity contribution in [2.75, 3.05) is 20.1 Å². The van der Waals surface area contributed by atoms with E-state index in [1.54, 1.807) is 0 Å². The summed E-state index contributed by atoms with van der Waals surface area (Å²) in [6.45, 7) is 9.50. The highest BCUT2D eigenvalue weighted by Crippen LogP contribution is 2.23. The molecule has 0 saturated carbocycles. The molecule has 3 nitrogen and oxygen atoms in total. The van der Waals surface area contributed by atoms with E-state index in [1.165, 1.54) is 0 Å². The summed E-state index contributed by atoms with van der Waals surface area (Å²) in [6, 6.07) is 2.18. The Bertz CT molecular complexity index is 223. The lowest BCUT2D eigenvalue weighted by Gasteiger charge is -2.33. The SMILES string of the molecule is CN(CC(C)(C)O)CC(C)(C)CCC#N. The standard InChI is InChI=1S/C12H24N2O/c1-11(2,7-6-8-13)9-14(5)10-12(3,4)15/h15H,6-7,9-10H2,1-5H3. The van der Waals surface area contributed by atoms with Gasteiger partial charge in [-0.25, -0.2) is 0 Å². The van der Waals surface area contributed by atoms with Crippen LogP contribution in [0, 0.1) is 16.7 Å². The molecule has 0 aliphatic rings. The summed E-state index contributed by atoms with van der Waals surface area (Å²) in [5.74, 6) is 0. The van der Waals surface area contributed by atoms with Crippen LogP contribution in [-0.2, 0) is 0 Å². The van der Waals surface area contributed by atoms with Gasteiger partial charge in [-0.1, -0.05) is 13.8 Å². The summed E-state index contributed by atoms with van der Waals surface area (Å²) in [6.07, 6.45) is 1.50. The molecule has 0 atom stereocenters. The van der Waals surface area contributed by atoms with Crippen LogP contribution in [0.3, 0.4) is 0 Å². The van der Waals surface area contributed by atoms with Crippen molar-refractivity contribution in [1.29, 1.82) is 5.26 Å². The molecule has 0 heterocycles. The van der Waals surface area contributed by atoms with E-state index in [0.29, 0.717) is 13.0 Å². The van der Waals surface area contributed by atoms with Gasteiger partial charge in [0, 0.05) is 19.5 Å². The average molecular weight is 212 g/mol. The Hall–Kier alpha value is -0.590. The highest BCUT2D eigenvalue weighted by molar-refractivity contribution is 4.80. The van der Waals surface area contributed by atoms with E-state index < -0.39 is 5.60 Å². The van der Waals surface area contributed by atoms with Crippen LogP contribution in [0.5, 0.6) is 0 Å². The molecule has 3 heteroatoms. The predicted molar refractivity (Wildman–Crippen MR) is 62.4 cm³/mol. The molecular formula is C12H24N2O. The van der Waals surface area contributed by atoms with Crippen molar-refractivity contribution in [1.82, 2.24) is 4.90 Å². The molecule has 0 aliphatic carbocycles. The number of likely N-dealkylation sites (N-methyl/N-ethyl adjacent to an activating group) is 1.